The minimum atomic E-state index is -0.380. The van der Waals surface area contributed by atoms with Crippen molar-refractivity contribution in [3.05, 3.63) is 30.0 Å². The van der Waals surface area contributed by atoms with E-state index < -0.39 is 0 Å². The summed E-state index contributed by atoms with van der Waals surface area (Å²) >= 11 is 1.16. The molecule has 1 aliphatic rings. The van der Waals surface area contributed by atoms with Gasteiger partial charge in [-0.2, -0.15) is 4.37 Å². The summed E-state index contributed by atoms with van der Waals surface area (Å²) in [7, 11) is 0. The van der Waals surface area contributed by atoms with Crippen LogP contribution < -0.4 is 5.32 Å². The van der Waals surface area contributed by atoms with E-state index in [0.29, 0.717) is 29.8 Å². The molecular weight excluding hydrogens is 328 g/mol. The Morgan fingerprint density at radius 3 is 2.92 bits per heavy atom. The lowest BCUT2D eigenvalue weighted by Gasteiger charge is -2.14. The number of nitrogens with zero attached hydrogens (tertiary/aromatic N) is 3. The molecule has 0 saturated carbocycles. The minimum Gasteiger partial charge on any atom is -0.467 e. The van der Waals surface area contributed by atoms with Crippen molar-refractivity contribution >= 4 is 28.5 Å². The fraction of sp³-hybridized carbons (Fsp3) is 0.500. The number of nitrogens with one attached hydrogen (secondary N) is 1. The molecule has 24 heavy (non-hydrogen) atoms. The Kier molecular flexibility index (Phi) is 4.40. The number of rotatable bonds is 4. The number of likely N-dealkylation sites (tertiary alicyclic amines) is 1. The van der Waals surface area contributed by atoms with Gasteiger partial charge in [-0.15, -0.1) is 0 Å². The minimum absolute atomic E-state index is 0.0424. The monoisotopic (exact) mass is 348 g/mol. The van der Waals surface area contributed by atoms with Crippen molar-refractivity contribution in [1.82, 2.24) is 14.3 Å². The lowest BCUT2D eigenvalue weighted by molar-refractivity contribution is -0.128. The fourth-order valence-electron chi connectivity index (χ4n) is 2.48. The predicted molar refractivity (Wildman–Crippen MR) is 89.5 cm³/mol. The second-order valence-corrected chi connectivity index (χ2v) is 7.67. The summed E-state index contributed by atoms with van der Waals surface area (Å²) < 4.78 is 9.53. The number of hydrogen-bond acceptors (Lipinski definition) is 6. The van der Waals surface area contributed by atoms with E-state index in [1.54, 1.807) is 17.2 Å². The molecule has 1 aliphatic heterocycles. The molecular formula is C16H20N4O3S. The highest BCUT2D eigenvalue weighted by Crippen LogP contribution is 2.25. The molecule has 2 amide bonds. The normalized spacial score (nSPS) is 18.2. The Bertz CT molecular complexity index is 733. The van der Waals surface area contributed by atoms with E-state index >= 15 is 0 Å². The Morgan fingerprint density at radius 2 is 2.29 bits per heavy atom. The lowest BCUT2D eigenvalue weighted by Crippen LogP contribution is -2.28. The van der Waals surface area contributed by atoms with E-state index in [2.05, 4.69) is 14.7 Å². The number of hydrogen-bond donors (Lipinski definition) is 1. The van der Waals surface area contributed by atoms with Crippen LogP contribution in [-0.2, 0) is 21.5 Å². The first-order valence-electron chi connectivity index (χ1n) is 7.78. The molecule has 1 fully saturated rings. The smallest absolute Gasteiger partial charge is 0.231 e. The van der Waals surface area contributed by atoms with Crippen molar-refractivity contribution < 1.29 is 14.0 Å². The second-order valence-electron chi connectivity index (χ2n) is 6.92. The van der Waals surface area contributed by atoms with Crippen LogP contribution in [0.3, 0.4) is 0 Å². The van der Waals surface area contributed by atoms with Gasteiger partial charge in [-0.3, -0.25) is 9.59 Å². The first-order valence-corrected chi connectivity index (χ1v) is 8.55. The van der Waals surface area contributed by atoms with Crippen molar-refractivity contribution in [2.75, 3.05) is 11.9 Å². The SMILES string of the molecule is CC(C)(C)c1nsc(NC(=O)[C@@H]2CC(=O)N(Cc3ccco3)C2)n1. The Balaban J connectivity index is 1.60. The Labute approximate surface area is 144 Å². The van der Waals surface area contributed by atoms with Crippen LogP contribution in [-0.4, -0.2) is 32.6 Å². The van der Waals surface area contributed by atoms with E-state index in [0.717, 1.165) is 11.5 Å². The van der Waals surface area contributed by atoms with Gasteiger partial charge >= 0.3 is 0 Å². The quantitative estimate of drug-likeness (QED) is 0.917. The molecule has 0 unspecified atom stereocenters. The predicted octanol–water partition coefficient (Wildman–Crippen LogP) is 2.42. The molecule has 0 aromatic carbocycles. The third-order valence-corrected chi connectivity index (χ3v) is 4.47. The van der Waals surface area contributed by atoms with Gasteiger partial charge in [0.05, 0.1) is 18.7 Å². The number of amides is 2. The molecule has 7 nitrogen and oxygen atoms in total. The topological polar surface area (TPSA) is 88.3 Å². The van der Waals surface area contributed by atoms with E-state index in [4.69, 9.17) is 4.42 Å². The summed E-state index contributed by atoms with van der Waals surface area (Å²) in [6, 6.07) is 3.60. The second kappa shape index (κ2) is 6.35. The lowest BCUT2D eigenvalue weighted by atomic mass is 9.96. The van der Waals surface area contributed by atoms with E-state index in [9.17, 15) is 9.59 Å². The molecule has 2 aromatic rings. The standard InChI is InChI=1S/C16H20N4O3S/c1-16(2,3)14-18-15(24-19-14)17-13(22)10-7-12(21)20(8-10)9-11-5-4-6-23-11/h4-6,10H,7-9H2,1-3H3,(H,17,18,19,22)/t10-/m1/s1. The van der Waals surface area contributed by atoms with Crippen molar-refractivity contribution in [3.63, 3.8) is 0 Å². The van der Waals surface area contributed by atoms with Gasteiger partial charge in [0, 0.05) is 29.9 Å². The van der Waals surface area contributed by atoms with Crippen LogP contribution in [0.4, 0.5) is 5.13 Å². The molecule has 0 spiro atoms. The molecule has 8 heteroatoms. The maximum absolute atomic E-state index is 12.4. The summed E-state index contributed by atoms with van der Waals surface area (Å²) in [6.45, 7) is 6.83. The van der Waals surface area contributed by atoms with Gasteiger partial charge in [0.25, 0.3) is 0 Å². The summed E-state index contributed by atoms with van der Waals surface area (Å²) in [4.78, 5) is 30.5. The maximum atomic E-state index is 12.4. The molecule has 0 radical (unpaired) electrons. The van der Waals surface area contributed by atoms with Gasteiger partial charge in [0.1, 0.15) is 11.6 Å². The molecule has 0 bridgehead atoms. The van der Waals surface area contributed by atoms with Crippen LogP contribution in [0.1, 0.15) is 38.8 Å². The number of aromatic nitrogens is 2. The van der Waals surface area contributed by atoms with Gasteiger partial charge in [-0.05, 0) is 12.1 Å². The highest BCUT2D eigenvalue weighted by atomic mass is 32.1. The summed E-state index contributed by atoms with van der Waals surface area (Å²) in [5.74, 6) is 0.795. The third-order valence-electron chi connectivity index (χ3n) is 3.84. The van der Waals surface area contributed by atoms with Gasteiger partial charge < -0.3 is 14.6 Å². The van der Waals surface area contributed by atoms with E-state index in [1.807, 2.05) is 26.8 Å². The van der Waals surface area contributed by atoms with E-state index in [-0.39, 0.29) is 29.6 Å². The van der Waals surface area contributed by atoms with Crippen molar-refractivity contribution in [1.29, 1.82) is 0 Å². The molecule has 128 valence electrons. The molecule has 3 rings (SSSR count). The van der Waals surface area contributed by atoms with Crippen LogP contribution in [0.25, 0.3) is 0 Å². The zero-order valence-corrected chi connectivity index (χ0v) is 14.7. The van der Waals surface area contributed by atoms with Crippen LogP contribution in [0.15, 0.2) is 22.8 Å². The molecule has 2 aromatic heterocycles. The average Bonchev–Trinajstić information content (AvgIpc) is 3.21. The zero-order chi connectivity index (χ0) is 17.3. The zero-order valence-electron chi connectivity index (χ0n) is 13.9. The number of carbonyl (C=O) groups is 2. The molecule has 1 atom stereocenters. The Hall–Kier alpha value is -2.22. The average molecular weight is 348 g/mol. The van der Waals surface area contributed by atoms with Gasteiger partial charge in [0.15, 0.2) is 0 Å². The summed E-state index contributed by atoms with van der Waals surface area (Å²) in [6.07, 6.45) is 1.78. The maximum Gasteiger partial charge on any atom is 0.231 e. The van der Waals surface area contributed by atoms with Crippen LogP contribution in [0.2, 0.25) is 0 Å². The number of furan rings is 1. The highest BCUT2D eigenvalue weighted by molar-refractivity contribution is 7.09. The molecule has 1 N–H and O–H groups in total. The van der Waals surface area contributed by atoms with Crippen molar-refractivity contribution in [3.8, 4) is 0 Å². The van der Waals surface area contributed by atoms with Crippen LogP contribution >= 0.6 is 11.5 Å². The van der Waals surface area contributed by atoms with E-state index in [1.165, 1.54) is 0 Å². The van der Waals surface area contributed by atoms with Gasteiger partial charge in [-0.1, -0.05) is 20.8 Å². The Morgan fingerprint density at radius 1 is 1.50 bits per heavy atom. The molecule has 3 heterocycles. The summed E-state index contributed by atoms with van der Waals surface area (Å²) in [5.41, 5.74) is -0.164. The highest BCUT2D eigenvalue weighted by Gasteiger charge is 2.35. The largest absolute Gasteiger partial charge is 0.467 e. The van der Waals surface area contributed by atoms with Gasteiger partial charge in [-0.25, -0.2) is 4.98 Å². The van der Waals surface area contributed by atoms with Crippen LogP contribution in [0.5, 0.6) is 0 Å². The number of carbonyl (C=O) groups excluding carboxylic acids is 2. The fourth-order valence-corrected chi connectivity index (χ4v) is 3.24. The molecule has 1 saturated heterocycles. The first-order chi connectivity index (χ1) is 11.3. The van der Waals surface area contributed by atoms with Crippen molar-refractivity contribution in [2.24, 2.45) is 5.92 Å². The summed E-state index contributed by atoms with van der Waals surface area (Å²) in [5, 5.41) is 3.25. The van der Waals surface area contributed by atoms with Crippen molar-refractivity contribution in [2.45, 2.75) is 39.2 Å². The van der Waals surface area contributed by atoms with Crippen LogP contribution in [0, 0.1) is 5.92 Å². The molecule has 0 aliphatic carbocycles. The third kappa shape index (κ3) is 3.64. The van der Waals surface area contributed by atoms with Gasteiger partial charge in [0.2, 0.25) is 16.9 Å². The number of anilines is 1. The first kappa shape index (κ1) is 16.6.